The Morgan fingerprint density at radius 2 is 1.74 bits per heavy atom. The lowest BCUT2D eigenvalue weighted by Gasteiger charge is -2.63. The van der Waals surface area contributed by atoms with Crippen molar-refractivity contribution in [2.45, 2.75) is 116 Å². The molecule has 11 heteroatoms. The Balaban J connectivity index is 1.29. The van der Waals surface area contributed by atoms with Gasteiger partial charge in [0, 0.05) is 55.8 Å². The number of hydrogen-bond acceptors (Lipinski definition) is 11. The molecule has 43 heavy (non-hydrogen) atoms. The van der Waals surface area contributed by atoms with E-state index < -0.39 is 71.3 Å². The number of ketones is 1. The van der Waals surface area contributed by atoms with Crippen LogP contribution in [-0.4, -0.2) is 88.8 Å². The minimum absolute atomic E-state index is 0.0254. The number of aliphatic hydroxyl groups excluding tert-OH is 1. The first-order chi connectivity index (χ1) is 20.2. The summed E-state index contributed by atoms with van der Waals surface area (Å²) in [5, 5.41) is 22.0. The van der Waals surface area contributed by atoms with Gasteiger partial charge in [-0.25, -0.2) is 4.79 Å². The number of ether oxygens (including phenoxy) is 5. The van der Waals surface area contributed by atoms with Gasteiger partial charge in [0.25, 0.3) is 0 Å². The molecule has 3 aliphatic heterocycles. The zero-order chi connectivity index (χ0) is 31.0. The second-order valence-electron chi connectivity index (χ2n) is 14.7. The van der Waals surface area contributed by atoms with Gasteiger partial charge in [0.05, 0.1) is 24.4 Å². The van der Waals surface area contributed by atoms with E-state index in [1.807, 2.05) is 20.8 Å². The first-order valence-corrected chi connectivity index (χ1v) is 15.6. The lowest BCUT2D eigenvalue weighted by Crippen LogP contribution is -2.72. The zero-order valence-electron chi connectivity index (χ0n) is 25.5. The highest BCUT2D eigenvalue weighted by Crippen LogP contribution is 2.74. The minimum atomic E-state index is -1.31. The Morgan fingerprint density at radius 1 is 1.05 bits per heavy atom. The van der Waals surface area contributed by atoms with E-state index in [2.05, 4.69) is 0 Å². The van der Waals surface area contributed by atoms with E-state index in [0.717, 1.165) is 5.57 Å². The second kappa shape index (κ2) is 9.34. The molecule has 7 aliphatic rings. The monoisotopic (exact) mass is 602 g/mol. The molecule has 0 bridgehead atoms. The Hall–Kier alpha value is -2.34. The highest BCUT2D eigenvalue weighted by Gasteiger charge is 2.84. The smallest absolute Gasteiger partial charge is 0.336 e. The number of esters is 3. The van der Waals surface area contributed by atoms with Crippen LogP contribution in [0.25, 0.3) is 0 Å². The van der Waals surface area contributed by atoms with Crippen LogP contribution in [0.1, 0.15) is 67.2 Å². The topological polar surface area (TPSA) is 161 Å². The number of fused-ring (bicyclic) bond motifs is 9. The quantitative estimate of drug-likeness (QED) is 0.267. The van der Waals surface area contributed by atoms with Crippen molar-refractivity contribution in [1.82, 2.24) is 0 Å². The van der Waals surface area contributed by atoms with E-state index in [0.29, 0.717) is 19.3 Å². The number of carbonyl (C=O) groups excluding carboxylic acids is 4. The average molecular weight is 603 g/mol. The van der Waals surface area contributed by atoms with Crippen molar-refractivity contribution < 1.29 is 53.1 Å². The van der Waals surface area contributed by atoms with Gasteiger partial charge in [-0.2, -0.15) is 0 Å². The largest absolute Gasteiger partial charge is 0.462 e. The molecule has 15 unspecified atom stereocenters. The van der Waals surface area contributed by atoms with Gasteiger partial charge in [0.2, 0.25) is 0 Å². The molecular formula is C32H42O11. The molecule has 7 rings (SSSR count). The standard InChI is InChI=1S/C32H42O11/c1-12-7-20(42-29(37)16(12)11-33)13(2)24-19(36)8-17-23-18(9-22(30(17,24)5)39-14(3)34)31(6)27(40-15(4)35)25-21(41-25)10-32(31,38)28-26(23)43-28/h13,17-18,20-28,33,38H,7-11H2,1-6H3. The molecule has 11 nitrogen and oxygen atoms in total. The van der Waals surface area contributed by atoms with Crippen LogP contribution in [0.2, 0.25) is 0 Å². The Labute approximate surface area is 250 Å². The molecule has 0 amide bonds. The van der Waals surface area contributed by atoms with Gasteiger partial charge in [0.15, 0.2) is 0 Å². The number of carbonyl (C=O) groups is 4. The van der Waals surface area contributed by atoms with Crippen molar-refractivity contribution in [1.29, 1.82) is 0 Å². The molecule has 0 spiro atoms. The third-order valence-electron chi connectivity index (χ3n) is 12.8. The highest BCUT2D eigenvalue weighted by atomic mass is 16.6. The van der Waals surface area contributed by atoms with Crippen molar-refractivity contribution in [3.05, 3.63) is 11.1 Å². The van der Waals surface area contributed by atoms with Crippen LogP contribution in [0.3, 0.4) is 0 Å². The summed E-state index contributed by atoms with van der Waals surface area (Å²) in [7, 11) is 0. The first-order valence-electron chi connectivity index (χ1n) is 15.6. The van der Waals surface area contributed by atoms with Crippen LogP contribution < -0.4 is 0 Å². The average Bonchev–Trinajstić information content (AvgIpc) is 3.83. The normalized spacial score (nSPS) is 51.6. The molecule has 236 valence electrons. The first kappa shape index (κ1) is 29.4. The van der Waals surface area contributed by atoms with E-state index >= 15 is 0 Å². The van der Waals surface area contributed by atoms with Gasteiger partial charge in [-0.15, -0.1) is 0 Å². The van der Waals surface area contributed by atoms with Crippen LogP contribution in [0, 0.1) is 40.4 Å². The molecule has 4 saturated carbocycles. The number of Topliss-reactive ketones (excluding diaryl/α,β-unsaturated/α-hetero) is 1. The van der Waals surface area contributed by atoms with Crippen molar-refractivity contribution in [2.24, 2.45) is 40.4 Å². The fraction of sp³-hybridized carbons (Fsp3) is 0.812. The number of hydrogen-bond donors (Lipinski definition) is 2. The molecule has 6 fully saturated rings. The summed E-state index contributed by atoms with van der Waals surface area (Å²) in [6, 6.07) is 0. The van der Waals surface area contributed by atoms with Gasteiger partial charge in [-0.1, -0.05) is 26.3 Å². The van der Waals surface area contributed by atoms with Crippen molar-refractivity contribution in [3.8, 4) is 0 Å². The fourth-order valence-corrected chi connectivity index (χ4v) is 10.8. The van der Waals surface area contributed by atoms with E-state index in [1.54, 1.807) is 6.92 Å². The molecule has 4 aliphatic carbocycles. The van der Waals surface area contributed by atoms with Gasteiger partial charge < -0.3 is 33.9 Å². The van der Waals surface area contributed by atoms with Crippen LogP contribution in [0.4, 0.5) is 0 Å². The lowest BCUT2D eigenvalue weighted by atomic mass is 9.41. The predicted molar refractivity (Wildman–Crippen MR) is 146 cm³/mol. The highest BCUT2D eigenvalue weighted by molar-refractivity contribution is 5.91. The summed E-state index contributed by atoms with van der Waals surface area (Å²) in [6.07, 6.45) is -1.91. The molecular weight excluding hydrogens is 560 g/mol. The molecule has 0 aromatic rings. The van der Waals surface area contributed by atoms with Crippen LogP contribution in [0.15, 0.2) is 11.1 Å². The third kappa shape index (κ3) is 3.80. The Kier molecular flexibility index (Phi) is 6.38. The number of epoxide rings is 2. The van der Waals surface area contributed by atoms with E-state index in [1.165, 1.54) is 13.8 Å². The summed E-state index contributed by atoms with van der Waals surface area (Å²) in [4.78, 5) is 51.8. The van der Waals surface area contributed by atoms with Crippen molar-refractivity contribution >= 4 is 23.7 Å². The van der Waals surface area contributed by atoms with Crippen LogP contribution in [-0.2, 0) is 42.9 Å². The zero-order valence-corrected chi connectivity index (χ0v) is 25.5. The molecule has 3 heterocycles. The minimum Gasteiger partial charge on any atom is -0.462 e. The van der Waals surface area contributed by atoms with E-state index in [4.69, 9.17) is 23.7 Å². The molecule has 15 atom stereocenters. The van der Waals surface area contributed by atoms with Crippen molar-refractivity contribution in [3.63, 3.8) is 0 Å². The third-order valence-corrected chi connectivity index (χ3v) is 12.8. The SMILES string of the molecule is CC(=O)OC1CC2C(C3OC3C3(O)CC4OC4C(OC(C)=O)C23C)C2CC(=O)C(C(C)C3CC(C)=C(CO)C(=O)O3)C12C. The molecule has 2 N–H and O–H groups in total. The maximum Gasteiger partial charge on any atom is 0.336 e. The van der Waals surface area contributed by atoms with Gasteiger partial charge >= 0.3 is 17.9 Å². The molecule has 0 aromatic carbocycles. The second-order valence-corrected chi connectivity index (χ2v) is 14.7. The molecule has 0 radical (unpaired) electrons. The molecule has 2 saturated heterocycles. The van der Waals surface area contributed by atoms with Gasteiger partial charge in [0.1, 0.15) is 41.9 Å². The number of cyclic esters (lactones) is 1. The van der Waals surface area contributed by atoms with E-state index in [-0.39, 0.29) is 59.8 Å². The maximum atomic E-state index is 14.1. The summed E-state index contributed by atoms with van der Waals surface area (Å²) in [5.74, 6) is -3.11. The van der Waals surface area contributed by atoms with Crippen molar-refractivity contribution in [2.75, 3.05) is 6.61 Å². The van der Waals surface area contributed by atoms with Gasteiger partial charge in [-0.05, 0) is 31.1 Å². The fourth-order valence-electron chi connectivity index (χ4n) is 10.8. The molecule has 0 aromatic heterocycles. The summed E-state index contributed by atoms with van der Waals surface area (Å²) in [5.41, 5.74) is -2.08. The predicted octanol–water partition coefficient (Wildman–Crippen LogP) is 1.65. The Bertz CT molecular complexity index is 1320. The van der Waals surface area contributed by atoms with E-state index in [9.17, 15) is 29.4 Å². The van der Waals surface area contributed by atoms with Crippen LogP contribution >= 0.6 is 0 Å². The maximum absolute atomic E-state index is 14.1. The summed E-state index contributed by atoms with van der Waals surface area (Å²) < 4.78 is 30.1. The summed E-state index contributed by atoms with van der Waals surface area (Å²) in [6.45, 7) is 9.99. The number of aliphatic hydroxyl groups is 2. The summed E-state index contributed by atoms with van der Waals surface area (Å²) >= 11 is 0. The number of rotatable bonds is 5. The van der Waals surface area contributed by atoms with Gasteiger partial charge in [-0.3, -0.25) is 14.4 Å². The van der Waals surface area contributed by atoms with Crippen LogP contribution in [0.5, 0.6) is 0 Å². The Morgan fingerprint density at radius 3 is 2.37 bits per heavy atom. The lowest BCUT2D eigenvalue weighted by molar-refractivity contribution is -0.250.